The summed E-state index contributed by atoms with van der Waals surface area (Å²) >= 11 is 0. The van der Waals surface area contributed by atoms with Crippen LogP contribution in [0, 0.1) is 0 Å². The summed E-state index contributed by atoms with van der Waals surface area (Å²) in [5, 5.41) is 0. The van der Waals surface area contributed by atoms with Crippen LogP contribution >= 0.6 is 0 Å². The second-order valence-corrected chi connectivity index (χ2v) is 7.22. The first-order chi connectivity index (χ1) is 10.9. The molecule has 0 unspecified atom stereocenters. The van der Waals surface area contributed by atoms with Gasteiger partial charge in [-0.1, -0.05) is 6.92 Å². The molecule has 1 aliphatic heterocycles. The molecule has 2 heterocycles. The lowest BCUT2D eigenvalue weighted by atomic mass is 10.3. The second kappa shape index (κ2) is 7.60. The third kappa shape index (κ3) is 4.80. The van der Waals surface area contributed by atoms with Crippen molar-refractivity contribution in [3.63, 3.8) is 0 Å². The first-order valence-electron chi connectivity index (χ1n) is 7.51. The van der Waals surface area contributed by atoms with Gasteiger partial charge >= 0.3 is 0 Å². The minimum atomic E-state index is -3.39. The van der Waals surface area contributed by atoms with Gasteiger partial charge in [-0.25, -0.2) is 13.1 Å². The van der Waals surface area contributed by atoms with Crippen molar-refractivity contribution in [1.82, 2.24) is 14.5 Å². The van der Waals surface area contributed by atoms with E-state index in [0.717, 1.165) is 0 Å². The van der Waals surface area contributed by atoms with Crippen molar-refractivity contribution in [2.75, 3.05) is 38.5 Å². The first kappa shape index (κ1) is 17.5. The molecule has 0 saturated carbocycles. The number of carbonyl (C=O) groups excluding carboxylic acids is 2. The Morgan fingerprint density at radius 1 is 1.22 bits per heavy atom. The lowest BCUT2D eigenvalue weighted by Crippen LogP contribution is -2.52. The number of carbonyl (C=O) groups is 2. The van der Waals surface area contributed by atoms with Crippen LogP contribution in [-0.2, 0) is 14.8 Å². The Bertz CT molecular complexity index is 633. The standard InChI is InChI=1S/C14H21N3O5S/c1-2-10-23(20,21)15-11-13(18)16-5-7-17(8-6-16)14(19)12-4-3-9-22-12/h3-4,9,15H,2,5-8,10-11H2,1H3. The molecule has 1 saturated heterocycles. The molecule has 1 aromatic rings. The van der Waals surface area contributed by atoms with Crippen LogP contribution in [0.15, 0.2) is 22.8 Å². The summed E-state index contributed by atoms with van der Waals surface area (Å²) in [6, 6.07) is 3.25. The van der Waals surface area contributed by atoms with E-state index in [1.165, 1.54) is 6.26 Å². The molecule has 0 aromatic carbocycles. The highest BCUT2D eigenvalue weighted by atomic mass is 32.2. The summed E-state index contributed by atoms with van der Waals surface area (Å²) in [5.41, 5.74) is 0. The molecule has 0 radical (unpaired) electrons. The van der Waals surface area contributed by atoms with E-state index in [2.05, 4.69) is 4.72 Å². The quantitative estimate of drug-likeness (QED) is 0.777. The van der Waals surface area contributed by atoms with E-state index in [9.17, 15) is 18.0 Å². The largest absolute Gasteiger partial charge is 0.459 e. The Labute approximate surface area is 135 Å². The highest BCUT2D eigenvalue weighted by Crippen LogP contribution is 2.09. The minimum absolute atomic E-state index is 0.00566. The van der Waals surface area contributed by atoms with Gasteiger partial charge in [0.1, 0.15) is 0 Å². The molecule has 1 aromatic heterocycles. The molecular weight excluding hydrogens is 322 g/mol. The normalized spacial score (nSPS) is 15.7. The van der Waals surface area contributed by atoms with E-state index >= 15 is 0 Å². The Morgan fingerprint density at radius 3 is 2.43 bits per heavy atom. The van der Waals surface area contributed by atoms with Crippen molar-refractivity contribution in [3.05, 3.63) is 24.2 Å². The van der Waals surface area contributed by atoms with E-state index in [0.29, 0.717) is 32.6 Å². The zero-order chi connectivity index (χ0) is 16.9. The number of hydrogen-bond acceptors (Lipinski definition) is 5. The number of amides is 2. The predicted molar refractivity (Wildman–Crippen MR) is 83.3 cm³/mol. The van der Waals surface area contributed by atoms with Crippen LogP contribution in [0.4, 0.5) is 0 Å². The van der Waals surface area contributed by atoms with Crippen molar-refractivity contribution in [3.8, 4) is 0 Å². The molecular formula is C14H21N3O5S. The van der Waals surface area contributed by atoms with Crippen LogP contribution in [0.2, 0.25) is 0 Å². The Kier molecular flexibility index (Phi) is 5.78. The average molecular weight is 343 g/mol. The molecule has 9 heteroatoms. The minimum Gasteiger partial charge on any atom is -0.459 e. The fourth-order valence-electron chi connectivity index (χ4n) is 2.34. The molecule has 1 aliphatic rings. The number of furan rings is 1. The molecule has 2 rings (SSSR count). The highest BCUT2D eigenvalue weighted by molar-refractivity contribution is 7.89. The fraction of sp³-hybridized carbons (Fsp3) is 0.571. The smallest absolute Gasteiger partial charge is 0.289 e. The zero-order valence-corrected chi connectivity index (χ0v) is 13.8. The van der Waals surface area contributed by atoms with Crippen LogP contribution in [-0.4, -0.2) is 68.5 Å². The number of nitrogens with zero attached hydrogens (tertiary/aromatic N) is 2. The highest BCUT2D eigenvalue weighted by Gasteiger charge is 2.26. The van der Waals surface area contributed by atoms with E-state index in [1.54, 1.807) is 28.9 Å². The zero-order valence-electron chi connectivity index (χ0n) is 13.0. The molecule has 0 atom stereocenters. The van der Waals surface area contributed by atoms with Gasteiger partial charge in [0.2, 0.25) is 15.9 Å². The predicted octanol–water partition coefficient (Wildman–Crippen LogP) is -0.107. The maximum absolute atomic E-state index is 12.1. The monoisotopic (exact) mass is 343 g/mol. The van der Waals surface area contributed by atoms with Gasteiger partial charge in [0, 0.05) is 26.2 Å². The van der Waals surface area contributed by atoms with E-state index < -0.39 is 10.0 Å². The van der Waals surface area contributed by atoms with Crippen molar-refractivity contribution < 1.29 is 22.4 Å². The topological polar surface area (TPSA) is 99.9 Å². The Balaban J connectivity index is 1.80. The van der Waals surface area contributed by atoms with Crippen LogP contribution in [0.5, 0.6) is 0 Å². The first-order valence-corrected chi connectivity index (χ1v) is 9.16. The summed E-state index contributed by atoms with van der Waals surface area (Å²) in [6.45, 7) is 3.06. The summed E-state index contributed by atoms with van der Waals surface area (Å²) < 4.78 is 30.5. The maximum Gasteiger partial charge on any atom is 0.289 e. The summed E-state index contributed by atoms with van der Waals surface area (Å²) in [6.07, 6.45) is 1.94. The molecule has 23 heavy (non-hydrogen) atoms. The number of nitrogens with one attached hydrogen (secondary N) is 1. The SMILES string of the molecule is CCCS(=O)(=O)NCC(=O)N1CCN(C(=O)c2ccco2)CC1. The maximum atomic E-state index is 12.1. The lowest BCUT2D eigenvalue weighted by molar-refractivity contribution is -0.131. The van der Waals surface area contributed by atoms with Crippen molar-refractivity contribution in [2.45, 2.75) is 13.3 Å². The number of rotatable bonds is 6. The van der Waals surface area contributed by atoms with Gasteiger partial charge in [0.05, 0.1) is 18.6 Å². The molecule has 128 valence electrons. The molecule has 8 nitrogen and oxygen atoms in total. The van der Waals surface area contributed by atoms with Crippen LogP contribution in [0.25, 0.3) is 0 Å². The lowest BCUT2D eigenvalue weighted by Gasteiger charge is -2.34. The number of hydrogen-bond donors (Lipinski definition) is 1. The van der Waals surface area contributed by atoms with Crippen LogP contribution < -0.4 is 4.72 Å². The van der Waals surface area contributed by atoms with Gasteiger partial charge < -0.3 is 14.2 Å². The van der Waals surface area contributed by atoms with Gasteiger partial charge in [0.25, 0.3) is 5.91 Å². The fourth-order valence-corrected chi connectivity index (χ4v) is 3.36. The Morgan fingerprint density at radius 2 is 1.87 bits per heavy atom. The molecule has 1 N–H and O–H groups in total. The molecule has 2 amide bonds. The Hall–Kier alpha value is -1.87. The van der Waals surface area contributed by atoms with Crippen molar-refractivity contribution >= 4 is 21.8 Å². The van der Waals surface area contributed by atoms with Gasteiger partial charge in [-0.15, -0.1) is 0 Å². The van der Waals surface area contributed by atoms with Crippen molar-refractivity contribution in [2.24, 2.45) is 0 Å². The molecule has 0 bridgehead atoms. The van der Waals surface area contributed by atoms with E-state index in [-0.39, 0.29) is 29.9 Å². The molecule has 0 aliphatic carbocycles. The van der Waals surface area contributed by atoms with Gasteiger partial charge in [-0.2, -0.15) is 0 Å². The number of sulfonamides is 1. The summed E-state index contributed by atoms with van der Waals surface area (Å²) in [7, 11) is -3.39. The van der Waals surface area contributed by atoms with E-state index in [1.807, 2.05) is 0 Å². The van der Waals surface area contributed by atoms with Gasteiger partial charge in [0.15, 0.2) is 5.76 Å². The third-order valence-electron chi connectivity index (χ3n) is 3.57. The molecule has 1 fully saturated rings. The summed E-state index contributed by atoms with van der Waals surface area (Å²) in [4.78, 5) is 27.3. The van der Waals surface area contributed by atoms with Crippen LogP contribution in [0.3, 0.4) is 0 Å². The van der Waals surface area contributed by atoms with Gasteiger partial charge in [-0.05, 0) is 18.6 Å². The third-order valence-corrected chi connectivity index (χ3v) is 5.10. The molecule has 0 spiro atoms. The average Bonchev–Trinajstić information content (AvgIpc) is 3.06. The van der Waals surface area contributed by atoms with Crippen LogP contribution in [0.1, 0.15) is 23.9 Å². The summed E-state index contributed by atoms with van der Waals surface area (Å²) in [5.74, 6) is -0.205. The van der Waals surface area contributed by atoms with Crippen molar-refractivity contribution in [1.29, 1.82) is 0 Å². The van der Waals surface area contributed by atoms with E-state index in [4.69, 9.17) is 4.42 Å². The van der Waals surface area contributed by atoms with Gasteiger partial charge in [-0.3, -0.25) is 9.59 Å². The second-order valence-electron chi connectivity index (χ2n) is 5.29. The number of piperazine rings is 1.